The second kappa shape index (κ2) is 4.64. The Bertz CT molecular complexity index is 778. The molecule has 0 aliphatic carbocycles. The van der Waals surface area contributed by atoms with Crippen molar-refractivity contribution in [1.82, 2.24) is 19.5 Å². The van der Waals surface area contributed by atoms with Gasteiger partial charge in [-0.05, 0) is 0 Å². The van der Waals surface area contributed by atoms with Crippen LogP contribution in [0.3, 0.4) is 0 Å². The highest BCUT2D eigenvalue weighted by Gasteiger charge is 2.55. The molecule has 21 heavy (non-hydrogen) atoms. The standard InChI is InChI=1S/C12H12N4O5/c1-2-12(20)8(18)6(3-17)21-11(12)16-5-15-7-9(16)13-4-14-10(7)19/h1,4-6,8,11,17-18,20H,3H2,(H,13,14,19)/t6-,8+,11-,12?/m1/s1. The first-order valence-corrected chi connectivity index (χ1v) is 6.07. The zero-order valence-corrected chi connectivity index (χ0v) is 10.7. The van der Waals surface area contributed by atoms with Gasteiger partial charge in [-0.3, -0.25) is 9.36 Å². The number of aromatic nitrogens is 4. The summed E-state index contributed by atoms with van der Waals surface area (Å²) in [4.78, 5) is 21.8. The van der Waals surface area contributed by atoms with E-state index in [1.807, 2.05) is 0 Å². The molecule has 0 bridgehead atoms. The molecule has 9 nitrogen and oxygen atoms in total. The first-order chi connectivity index (χ1) is 10.0. The molecule has 2 aromatic heterocycles. The number of aliphatic hydroxyl groups is 3. The molecule has 1 saturated heterocycles. The second-order valence-corrected chi connectivity index (χ2v) is 4.68. The summed E-state index contributed by atoms with van der Waals surface area (Å²) in [7, 11) is 0. The van der Waals surface area contributed by atoms with Crippen LogP contribution in [0.1, 0.15) is 6.23 Å². The number of nitrogens with one attached hydrogen (secondary N) is 1. The smallest absolute Gasteiger partial charge is 0.278 e. The number of rotatable bonds is 2. The molecule has 9 heteroatoms. The molecule has 3 heterocycles. The third-order valence-corrected chi connectivity index (χ3v) is 3.51. The predicted octanol–water partition coefficient (Wildman–Crippen LogP) is -2.27. The zero-order chi connectivity index (χ0) is 15.2. The summed E-state index contributed by atoms with van der Waals surface area (Å²) in [6.07, 6.45) is 3.93. The van der Waals surface area contributed by atoms with Gasteiger partial charge in [0.25, 0.3) is 5.56 Å². The van der Waals surface area contributed by atoms with Gasteiger partial charge in [-0.25, -0.2) is 9.97 Å². The van der Waals surface area contributed by atoms with Crippen LogP contribution in [0.15, 0.2) is 17.4 Å². The van der Waals surface area contributed by atoms with E-state index in [1.54, 1.807) is 0 Å². The van der Waals surface area contributed by atoms with Crippen LogP contribution in [0.25, 0.3) is 11.2 Å². The van der Waals surface area contributed by atoms with Crippen molar-refractivity contribution in [2.24, 2.45) is 0 Å². The van der Waals surface area contributed by atoms with Crippen LogP contribution in [0, 0.1) is 12.3 Å². The van der Waals surface area contributed by atoms with Crippen molar-refractivity contribution in [3.63, 3.8) is 0 Å². The monoisotopic (exact) mass is 292 g/mol. The van der Waals surface area contributed by atoms with Gasteiger partial charge in [0.05, 0.1) is 19.3 Å². The molecular weight excluding hydrogens is 280 g/mol. The molecule has 0 spiro atoms. The number of imidazole rings is 1. The Morgan fingerprint density at radius 2 is 2.33 bits per heavy atom. The summed E-state index contributed by atoms with van der Waals surface area (Å²) < 4.78 is 6.65. The number of nitrogens with zero attached hydrogens (tertiary/aromatic N) is 3. The summed E-state index contributed by atoms with van der Waals surface area (Å²) in [6, 6.07) is 0. The molecular formula is C12H12N4O5. The molecule has 4 atom stereocenters. The number of ether oxygens (including phenoxy) is 1. The Morgan fingerprint density at radius 3 is 3.00 bits per heavy atom. The van der Waals surface area contributed by atoms with E-state index in [-0.39, 0.29) is 11.2 Å². The molecule has 1 unspecified atom stereocenters. The number of hydrogen-bond acceptors (Lipinski definition) is 7. The highest BCUT2D eigenvalue weighted by Crippen LogP contribution is 2.38. The van der Waals surface area contributed by atoms with Crippen LogP contribution in [0.2, 0.25) is 0 Å². The minimum atomic E-state index is -2.08. The average molecular weight is 292 g/mol. The summed E-state index contributed by atoms with van der Waals surface area (Å²) in [5.74, 6) is 2.08. The van der Waals surface area contributed by atoms with Gasteiger partial charge in [-0.15, -0.1) is 6.42 Å². The van der Waals surface area contributed by atoms with Crippen LogP contribution >= 0.6 is 0 Å². The van der Waals surface area contributed by atoms with Crippen molar-refractivity contribution in [3.8, 4) is 12.3 Å². The van der Waals surface area contributed by atoms with Gasteiger partial charge >= 0.3 is 0 Å². The van der Waals surface area contributed by atoms with E-state index in [9.17, 15) is 20.1 Å². The maximum atomic E-state index is 11.6. The van der Waals surface area contributed by atoms with Gasteiger partial charge in [0.15, 0.2) is 23.0 Å². The Kier molecular flexibility index (Phi) is 3.03. The molecule has 0 radical (unpaired) electrons. The van der Waals surface area contributed by atoms with Crippen LogP contribution in [-0.2, 0) is 4.74 Å². The summed E-state index contributed by atoms with van der Waals surface area (Å²) >= 11 is 0. The fraction of sp³-hybridized carbons (Fsp3) is 0.417. The first kappa shape index (κ1) is 13.7. The van der Waals surface area contributed by atoms with E-state index >= 15 is 0 Å². The molecule has 1 fully saturated rings. The first-order valence-electron chi connectivity index (χ1n) is 6.07. The highest BCUT2D eigenvalue weighted by atomic mass is 16.6. The Hall–Kier alpha value is -2.25. The minimum absolute atomic E-state index is 0.0439. The summed E-state index contributed by atoms with van der Waals surface area (Å²) in [5.41, 5.74) is -2.35. The van der Waals surface area contributed by atoms with Crippen LogP contribution in [0.4, 0.5) is 0 Å². The largest absolute Gasteiger partial charge is 0.394 e. The van der Waals surface area contributed by atoms with Crippen molar-refractivity contribution >= 4 is 11.2 Å². The Labute approximate surface area is 117 Å². The van der Waals surface area contributed by atoms with Gasteiger partial charge in [0, 0.05) is 0 Å². The third-order valence-electron chi connectivity index (χ3n) is 3.51. The average Bonchev–Trinajstić information content (AvgIpc) is 3.01. The maximum absolute atomic E-state index is 11.6. The topological polar surface area (TPSA) is 133 Å². The fourth-order valence-electron chi connectivity index (χ4n) is 2.39. The van der Waals surface area contributed by atoms with Crippen LogP contribution in [0.5, 0.6) is 0 Å². The molecule has 4 N–H and O–H groups in total. The SMILES string of the molecule is C#CC1(O)[C@@H](O)[C@@H](CO)O[C@H]1n1cnc2c(=O)[nH]cnc21. The van der Waals surface area contributed by atoms with Gasteiger partial charge in [-0.1, -0.05) is 5.92 Å². The predicted molar refractivity (Wildman–Crippen MR) is 68.9 cm³/mol. The molecule has 0 amide bonds. The van der Waals surface area contributed by atoms with Gasteiger partial charge in [-0.2, -0.15) is 0 Å². The lowest BCUT2D eigenvalue weighted by Gasteiger charge is -2.26. The molecule has 110 valence electrons. The van der Waals surface area contributed by atoms with Crippen molar-refractivity contribution in [3.05, 3.63) is 23.0 Å². The van der Waals surface area contributed by atoms with Gasteiger partial charge in [0.2, 0.25) is 0 Å². The Balaban J connectivity index is 2.16. The lowest BCUT2D eigenvalue weighted by molar-refractivity contribution is -0.0721. The third kappa shape index (κ3) is 1.78. The maximum Gasteiger partial charge on any atom is 0.278 e. The molecule has 2 aromatic rings. The molecule has 0 aromatic carbocycles. The number of terminal acetylenes is 1. The van der Waals surface area contributed by atoms with E-state index in [0.717, 1.165) is 0 Å². The van der Waals surface area contributed by atoms with Crippen LogP contribution in [-0.4, -0.2) is 59.3 Å². The number of H-pyrrole nitrogens is 1. The number of aliphatic hydroxyl groups excluding tert-OH is 2. The van der Waals surface area contributed by atoms with Crippen molar-refractivity contribution in [2.45, 2.75) is 24.0 Å². The number of hydrogen-bond donors (Lipinski definition) is 4. The molecule has 0 saturated carbocycles. The highest BCUT2D eigenvalue weighted by molar-refractivity contribution is 5.69. The van der Waals surface area contributed by atoms with E-state index < -0.39 is 36.2 Å². The molecule has 1 aliphatic rings. The van der Waals surface area contributed by atoms with Gasteiger partial charge < -0.3 is 25.0 Å². The van der Waals surface area contributed by atoms with Crippen LogP contribution < -0.4 is 5.56 Å². The zero-order valence-electron chi connectivity index (χ0n) is 10.7. The summed E-state index contributed by atoms with van der Waals surface area (Å²) in [5, 5.41) is 29.6. The fourth-order valence-corrected chi connectivity index (χ4v) is 2.39. The lowest BCUT2D eigenvalue weighted by Crippen LogP contribution is -2.45. The van der Waals surface area contributed by atoms with E-state index in [2.05, 4.69) is 20.9 Å². The van der Waals surface area contributed by atoms with E-state index in [1.165, 1.54) is 17.2 Å². The molecule has 3 rings (SSSR count). The minimum Gasteiger partial charge on any atom is -0.394 e. The normalized spacial score (nSPS) is 32.4. The molecule has 1 aliphatic heterocycles. The quantitative estimate of drug-likeness (QED) is 0.459. The Morgan fingerprint density at radius 1 is 1.57 bits per heavy atom. The van der Waals surface area contributed by atoms with E-state index in [0.29, 0.717) is 0 Å². The number of fused-ring (bicyclic) bond motifs is 1. The van der Waals surface area contributed by atoms with Crippen molar-refractivity contribution in [2.75, 3.05) is 6.61 Å². The van der Waals surface area contributed by atoms with Gasteiger partial charge in [0.1, 0.15) is 12.2 Å². The number of aromatic amines is 1. The van der Waals surface area contributed by atoms with Crippen molar-refractivity contribution in [1.29, 1.82) is 0 Å². The summed E-state index contributed by atoms with van der Waals surface area (Å²) in [6.45, 7) is -0.525. The van der Waals surface area contributed by atoms with Crippen molar-refractivity contribution < 1.29 is 20.1 Å². The van der Waals surface area contributed by atoms with E-state index in [4.69, 9.17) is 11.2 Å². The second-order valence-electron chi connectivity index (χ2n) is 4.68. The lowest BCUT2D eigenvalue weighted by atomic mass is 9.95.